The van der Waals surface area contributed by atoms with E-state index in [0.717, 1.165) is 18.8 Å². The molecule has 2 amide bonds. The van der Waals surface area contributed by atoms with Crippen LogP contribution in [0, 0.1) is 0 Å². The molecule has 7 heteroatoms. The SMILES string of the molecule is O=C(CNC(=O)c1c[nH]c2ccccc2c1=O)Nc1ccc(N2CCCCC2)cc1. The standard InChI is InChI=1S/C23H24N4O3/c28-21(26-16-8-10-17(11-9-16)27-12-4-1-5-13-27)15-25-23(30)19-14-24-20-7-3-2-6-18(20)22(19)29/h2-3,6-11,14H,1,4-5,12-13,15H2,(H,24,29)(H,25,30)(H,26,28). The number of aromatic amines is 1. The molecule has 0 radical (unpaired) electrons. The van der Waals surface area contributed by atoms with Crippen molar-refractivity contribution in [2.45, 2.75) is 19.3 Å². The molecule has 0 spiro atoms. The molecule has 0 saturated carbocycles. The Morgan fingerprint density at radius 2 is 1.70 bits per heavy atom. The second-order valence-corrected chi connectivity index (χ2v) is 7.40. The third-order valence-electron chi connectivity index (χ3n) is 5.31. The Kier molecular flexibility index (Phi) is 5.79. The summed E-state index contributed by atoms with van der Waals surface area (Å²) in [4.78, 5) is 42.3. The van der Waals surface area contributed by atoms with Crippen molar-refractivity contribution in [3.63, 3.8) is 0 Å². The van der Waals surface area contributed by atoms with Crippen LogP contribution in [0.15, 0.2) is 59.5 Å². The van der Waals surface area contributed by atoms with Gasteiger partial charge in [-0.2, -0.15) is 0 Å². The van der Waals surface area contributed by atoms with Crippen molar-refractivity contribution in [3.8, 4) is 0 Å². The van der Waals surface area contributed by atoms with Gasteiger partial charge in [0.05, 0.1) is 6.54 Å². The number of nitrogens with one attached hydrogen (secondary N) is 3. The topological polar surface area (TPSA) is 94.3 Å². The van der Waals surface area contributed by atoms with Crippen LogP contribution in [0.4, 0.5) is 11.4 Å². The first-order valence-electron chi connectivity index (χ1n) is 10.2. The van der Waals surface area contributed by atoms with E-state index in [2.05, 4.69) is 20.5 Å². The Hall–Kier alpha value is -3.61. The molecule has 1 aliphatic heterocycles. The van der Waals surface area contributed by atoms with Gasteiger partial charge in [-0.05, 0) is 55.7 Å². The monoisotopic (exact) mass is 404 g/mol. The van der Waals surface area contributed by atoms with E-state index in [0.29, 0.717) is 16.6 Å². The zero-order valence-corrected chi connectivity index (χ0v) is 16.6. The zero-order chi connectivity index (χ0) is 20.9. The summed E-state index contributed by atoms with van der Waals surface area (Å²) in [6.45, 7) is 1.90. The molecule has 0 unspecified atom stereocenters. The molecule has 0 atom stereocenters. The first-order valence-corrected chi connectivity index (χ1v) is 10.2. The van der Waals surface area contributed by atoms with Crippen LogP contribution >= 0.6 is 0 Å². The summed E-state index contributed by atoms with van der Waals surface area (Å²) in [6.07, 6.45) is 5.06. The summed E-state index contributed by atoms with van der Waals surface area (Å²) in [6, 6.07) is 14.7. The van der Waals surface area contributed by atoms with Gasteiger partial charge in [0.15, 0.2) is 0 Å². The number of anilines is 2. The average Bonchev–Trinajstić information content (AvgIpc) is 2.79. The number of H-pyrrole nitrogens is 1. The lowest BCUT2D eigenvalue weighted by Crippen LogP contribution is -2.35. The van der Waals surface area contributed by atoms with Crippen LogP contribution in [-0.2, 0) is 4.79 Å². The number of rotatable bonds is 5. The van der Waals surface area contributed by atoms with Crippen LogP contribution in [0.2, 0.25) is 0 Å². The molecule has 7 nitrogen and oxygen atoms in total. The lowest BCUT2D eigenvalue weighted by atomic mass is 10.1. The van der Waals surface area contributed by atoms with Gasteiger partial charge in [-0.3, -0.25) is 14.4 Å². The summed E-state index contributed by atoms with van der Waals surface area (Å²) in [7, 11) is 0. The lowest BCUT2D eigenvalue weighted by molar-refractivity contribution is -0.115. The number of hydrogen-bond donors (Lipinski definition) is 3. The van der Waals surface area contributed by atoms with Gasteiger partial charge in [0, 0.05) is 41.6 Å². The van der Waals surface area contributed by atoms with Crippen molar-refractivity contribution in [2.24, 2.45) is 0 Å². The Morgan fingerprint density at radius 3 is 2.47 bits per heavy atom. The molecule has 1 aromatic heterocycles. The molecule has 2 heterocycles. The third-order valence-corrected chi connectivity index (χ3v) is 5.31. The molecule has 0 bridgehead atoms. The van der Waals surface area contributed by atoms with Gasteiger partial charge in [-0.15, -0.1) is 0 Å². The minimum atomic E-state index is -0.586. The highest BCUT2D eigenvalue weighted by Gasteiger charge is 2.14. The molecule has 0 aliphatic carbocycles. The molecule has 3 aromatic rings. The molecule has 1 aliphatic rings. The maximum Gasteiger partial charge on any atom is 0.257 e. The van der Waals surface area contributed by atoms with Gasteiger partial charge in [-0.1, -0.05) is 12.1 Å². The van der Waals surface area contributed by atoms with Crippen molar-refractivity contribution in [3.05, 3.63) is 70.5 Å². The predicted octanol–water partition coefficient (Wildman–Crippen LogP) is 2.89. The highest BCUT2D eigenvalue weighted by Crippen LogP contribution is 2.21. The van der Waals surface area contributed by atoms with E-state index in [1.807, 2.05) is 24.3 Å². The Morgan fingerprint density at radius 1 is 0.967 bits per heavy atom. The molecule has 2 aromatic carbocycles. The van der Waals surface area contributed by atoms with E-state index in [-0.39, 0.29) is 23.4 Å². The van der Waals surface area contributed by atoms with E-state index in [1.165, 1.54) is 25.5 Å². The third kappa shape index (κ3) is 4.35. The van der Waals surface area contributed by atoms with Crippen LogP contribution in [-0.4, -0.2) is 36.4 Å². The van der Waals surface area contributed by atoms with Gasteiger partial charge in [0.25, 0.3) is 5.91 Å². The Balaban J connectivity index is 1.34. The number of pyridine rings is 1. The van der Waals surface area contributed by atoms with Crippen LogP contribution < -0.4 is 21.0 Å². The quantitative estimate of drug-likeness (QED) is 0.609. The number of nitrogens with zero attached hydrogens (tertiary/aromatic N) is 1. The molecule has 4 rings (SSSR count). The van der Waals surface area contributed by atoms with Crippen LogP contribution in [0.1, 0.15) is 29.6 Å². The average molecular weight is 404 g/mol. The van der Waals surface area contributed by atoms with Gasteiger partial charge in [0.1, 0.15) is 5.56 Å². The number of para-hydroxylation sites is 1. The van der Waals surface area contributed by atoms with E-state index in [9.17, 15) is 14.4 Å². The number of fused-ring (bicyclic) bond motifs is 1. The molecule has 1 saturated heterocycles. The Bertz CT molecular complexity index is 1120. The van der Waals surface area contributed by atoms with E-state index in [1.54, 1.807) is 24.3 Å². The lowest BCUT2D eigenvalue weighted by Gasteiger charge is -2.28. The van der Waals surface area contributed by atoms with Crippen LogP contribution in [0.3, 0.4) is 0 Å². The van der Waals surface area contributed by atoms with E-state index >= 15 is 0 Å². The summed E-state index contributed by atoms with van der Waals surface area (Å²) < 4.78 is 0. The van der Waals surface area contributed by atoms with Gasteiger partial charge >= 0.3 is 0 Å². The highest BCUT2D eigenvalue weighted by molar-refractivity contribution is 6.00. The fraction of sp³-hybridized carbons (Fsp3) is 0.261. The van der Waals surface area contributed by atoms with Crippen molar-refractivity contribution >= 4 is 34.1 Å². The molecular weight excluding hydrogens is 380 g/mol. The van der Waals surface area contributed by atoms with Gasteiger partial charge in [-0.25, -0.2) is 0 Å². The number of amides is 2. The summed E-state index contributed by atoms with van der Waals surface area (Å²) >= 11 is 0. The summed E-state index contributed by atoms with van der Waals surface area (Å²) in [5.41, 5.74) is 2.09. The fourth-order valence-electron chi connectivity index (χ4n) is 3.70. The largest absolute Gasteiger partial charge is 0.372 e. The smallest absolute Gasteiger partial charge is 0.257 e. The first-order chi connectivity index (χ1) is 14.6. The minimum absolute atomic E-state index is 0.0209. The number of piperidine rings is 1. The zero-order valence-electron chi connectivity index (χ0n) is 16.6. The van der Waals surface area contributed by atoms with Crippen LogP contribution in [0.25, 0.3) is 10.9 Å². The highest BCUT2D eigenvalue weighted by atomic mass is 16.2. The van der Waals surface area contributed by atoms with Crippen molar-refractivity contribution in [1.82, 2.24) is 10.3 Å². The molecule has 154 valence electrons. The second kappa shape index (κ2) is 8.82. The van der Waals surface area contributed by atoms with Gasteiger partial charge in [0.2, 0.25) is 11.3 Å². The predicted molar refractivity (Wildman–Crippen MR) is 118 cm³/mol. The number of aromatic nitrogens is 1. The number of hydrogen-bond acceptors (Lipinski definition) is 4. The molecule has 30 heavy (non-hydrogen) atoms. The van der Waals surface area contributed by atoms with Gasteiger partial charge < -0.3 is 20.5 Å². The van der Waals surface area contributed by atoms with Crippen LogP contribution in [0.5, 0.6) is 0 Å². The maximum atomic E-state index is 12.5. The summed E-state index contributed by atoms with van der Waals surface area (Å²) in [5, 5.41) is 5.71. The molecule has 1 fully saturated rings. The number of benzene rings is 2. The van der Waals surface area contributed by atoms with Crippen molar-refractivity contribution < 1.29 is 9.59 Å². The number of carbonyl (C=O) groups excluding carboxylic acids is 2. The van der Waals surface area contributed by atoms with E-state index in [4.69, 9.17) is 0 Å². The Labute approximate surface area is 174 Å². The molecular formula is C23H24N4O3. The van der Waals surface area contributed by atoms with E-state index < -0.39 is 5.91 Å². The minimum Gasteiger partial charge on any atom is -0.372 e. The maximum absolute atomic E-state index is 12.5. The normalized spacial score (nSPS) is 13.8. The van der Waals surface area contributed by atoms with Crippen molar-refractivity contribution in [1.29, 1.82) is 0 Å². The second-order valence-electron chi connectivity index (χ2n) is 7.40. The summed E-state index contributed by atoms with van der Waals surface area (Å²) in [5.74, 6) is -0.941. The van der Waals surface area contributed by atoms with Crippen molar-refractivity contribution in [2.75, 3.05) is 29.9 Å². The first kappa shape index (κ1) is 19.7. The molecule has 3 N–H and O–H groups in total. The fourth-order valence-corrected chi connectivity index (χ4v) is 3.70. The number of carbonyl (C=O) groups is 2.